The summed E-state index contributed by atoms with van der Waals surface area (Å²) < 4.78 is 5.68. The van der Waals surface area contributed by atoms with Crippen LogP contribution in [-0.2, 0) is 0 Å². The third kappa shape index (κ3) is 2.38. The number of rotatable bonds is 3. The highest BCUT2D eigenvalue weighted by Gasteiger charge is 2.24. The Morgan fingerprint density at radius 2 is 1.95 bits per heavy atom. The minimum atomic E-state index is 0.211. The van der Waals surface area contributed by atoms with Crippen LogP contribution in [0.1, 0.15) is 35.7 Å². The van der Waals surface area contributed by atoms with Crippen LogP contribution in [0, 0.1) is 11.3 Å². The van der Waals surface area contributed by atoms with Gasteiger partial charge >= 0.3 is 0 Å². The molecule has 0 bridgehead atoms. The summed E-state index contributed by atoms with van der Waals surface area (Å²) in [5.74, 6) is 0.969. The first-order valence-corrected chi connectivity index (χ1v) is 6.76. The van der Waals surface area contributed by atoms with E-state index in [1.807, 2.05) is 42.5 Å². The first-order chi connectivity index (χ1) is 9.78. The SMILES string of the molecule is CC(NC1COc2ccccc21)c1ccc(C#N)cc1. The Labute approximate surface area is 118 Å². The van der Waals surface area contributed by atoms with Gasteiger partial charge in [0.15, 0.2) is 0 Å². The minimum Gasteiger partial charge on any atom is -0.491 e. The highest BCUT2D eigenvalue weighted by molar-refractivity contribution is 5.39. The summed E-state index contributed by atoms with van der Waals surface area (Å²) in [4.78, 5) is 0. The van der Waals surface area contributed by atoms with Gasteiger partial charge in [-0.25, -0.2) is 0 Å². The van der Waals surface area contributed by atoms with Gasteiger partial charge in [0.1, 0.15) is 12.4 Å². The second-order valence-electron chi connectivity index (χ2n) is 5.02. The molecule has 2 aromatic carbocycles. The van der Waals surface area contributed by atoms with Gasteiger partial charge < -0.3 is 10.1 Å². The predicted molar refractivity (Wildman–Crippen MR) is 77.4 cm³/mol. The fourth-order valence-electron chi connectivity index (χ4n) is 2.54. The molecule has 0 amide bonds. The van der Waals surface area contributed by atoms with E-state index in [-0.39, 0.29) is 12.1 Å². The number of fused-ring (bicyclic) bond motifs is 1. The molecule has 0 aromatic heterocycles. The van der Waals surface area contributed by atoms with Gasteiger partial charge in [0.05, 0.1) is 17.7 Å². The monoisotopic (exact) mass is 264 g/mol. The molecule has 1 heterocycles. The Hall–Kier alpha value is -2.31. The zero-order valence-corrected chi connectivity index (χ0v) is 11.3. The second-order valence-corrected chi connectivity index (χ2v) is 5.02. The van der Waals surface area contributed by atoms with Crippen LogP contribution in [0.15, 0.2) is 48.5 Å². The van der Waals surface area contributed by atoms with E-state index >= 15 is 0 Å². The molecule has 3 rings (SSSR count). The molecule has 20 heavy (non-hydrogen) atoms. The van der Waals surface area contributed by atoms with E-state index < -0.39 is 0 Å². The zero-order chi connectivity index (χ0) is 13.9. The van der Waals surface area contributed by atoms with E-state index in [1.54, 1.807) is 0 Å². The first kappa shape index (κ1) is 12.7. The van der Waals surface area contributed by atoms with Crippen molar-refractivity contribution in [3.05, 3.63) is 65.2 Å². The van der Waals surface area contributed by atoms with E-state index in [2.05, 4.69) is 24.4 Å². The molecule has 2 aromatic rings. The Bertz CT molecular complexity index is 643. The van der Waals surface area contributed by atoms with Crippen molar-refractivity contribution in [2.24, 2.45) is 0 Å². The van der Waals surface area contributed by atoms with Crippen LogP contribution in [0.4, 0.5) is 0 Å². The number of para-hydroxylation sites is 1. The van der Waals surface area contributed by atoms with Crippen LogP contribution in [0.3, 0.4) is 0 Å². The maximum Gasteiger partial charge on any atom is 0.124 e. The summed E-state index contributed by atoms with van der Waals surface area (Å²) in [6.07, 6.45) is 0. The molecule has 0 fully saturated rings. The number of ether oxygens (including phenoxy) is 1. The molecule has 3 heteroatoms. The highest BCUT2D eigenvalue weighted by atomic mass is 16.5. The van der Waals surface area contributed by atoms with Gasteiger partial charge in [-0.15, -0.1) is 0 Å². The molecule has 1 aliphatic rings. The van der Waals surface area contributed by atoms with E-state index in [0.29, 0.717) is 12.2 Å². The van der Waals surface area contributed by atoms with Gasteiger partial charge in [0, 0.05) is 11.6 Å². The molecule has 0 saturated heterocycles. The Kier molecular flexibility index (Phi) is 3.41. The zero-order valence-electron chi connectivity index (χ0n) is 11.3. The van der Waals surface area contributed by atoms with Crippen LogP contribution in [0.5, 0.6) is 5.75 Å². The molecule has 1 aliphatic heterocycles. The van der Waals surface area contributed by atoms with E-state index in [9.17, 15) is 0 Å². The van der Waals surface area contributed by atoms with Crippen molar-refractivity contribution in [2.45, 2.75) is 19.0 Å². The van der Waals surface area contributed by atoms with Gasteiger partial charge in [-0.3, -0.25) is 0 Å². The fraction of sp³-hybridized carbons (Fsp3) is 0.235. The molecule has 1 N–H and O–H groups in total. The Morgan fingerprint density at radius 3 is 2.70 bits per heavy atom. The maximum atomic E-state index is 8.82. The van der Waals surface area contributed by atoms with Gasteiger partial charge in [-0.05, 0) is 30.7 Å². The highest BCUT2D eigenvalue weighted by Crippen LogP contribution is 2.33. The van der Waals surface area contributed by atoms with Crippen molar-refractivity contribution < 1.29 is 4.74 Å². The lowest BCUT2D eigenvalue weighted by Gasteiger charge is -2.19. The summed E-state index contributed by atoms with van der Waals surface area (Å²) in [6.45, 7) is 2.79. The van der Waals surface area contributed by atoms with E-state index in [0.717, 1.165) is 5.75 Å². The molecule has 0 spiro atoms. The van der Waals surface area contributed by atoms with Gasteiger partial charge in [0.2, 0.25) is 0 Å². The standard InChI is InChI=1S/C17H16N2O/c1-12(14-8-6-13(10-18)7-9-14)19-16-11-20-17-5-3-2-4-15(16)17/h2-9,12,16,19H,11H2,1H3. The summed E-state index contributed by atoms with van der Waals surface area (Å²) in [5.41, 5.74) is 3.08. The van der Waals surface area contributed by atoms with Crippen LogP contribution in [0.25, 0.3) is 0 Å². The van der Waals surface area contributed by atoms with Crippen molar-refractivity contribution in [3.8, 4) is 11.8 Å². The molecule has 2 unspecified atom stereocenters. The van der Waals surface area contributed by atoms with E-state index in [1.165, 1.54) is 11.1 Å². The average Bonchev–Trinajstić information content (AvgIpc) is 2.91. The lowest BCUT2D eigenvalue weighted by molar-refractivity contribution is 0.301. The lowest BCUT2D eigenvalue weighted by Crippen LogP contribution is -2.25. The smallest absolute Gasteiger partial charge is 0.124 e. The van der Waals surface area contributed by atoms with Crippen molar-refractivity contribution in [3.63, 3.8) is 0 Å². The van der Waals surface area contributed by atoms with Crippen molar-refractivity contribution in [2.75, 3.05) is 6.61 Å². The van der Waals surface area contributed by atoms with Crippen LogP contribution < -0.4 is 10.1 Å². The van der Waals surface area contributed by atoms with Crippen LogP contribution >= 0.6 is 0 Å². The summed E-state index contributed by atoms with van der Waals surface area (Å²) in [6, 6.07) is 18.4. The molecule has 0 saturated carbocycles. The normalized spacial score (nSPS) is 17.9. The Morgan fingerprint density at radius 1 is 1.20 bits per heavy atom. The molecule has 100 valence electrons. The first-order valence-electron chi connectivity index (χ1n) is 6.76. The summed E-state index contributed by atoms with van der Waals surface area (Å²) >= 11 is 0. The van der Waals surface area contributed by atoms with Crippen molar-refractivity contribution in [1.82, 2.24) is 5.32 Å². The molecule has 0 aliphatic carbocycles. The summed E-state index contributed by atoms with van der Waals surface area (Å²) in [7, 11) is 0. The third-order valence-electron chi connectivity index (χ3n) is 3.69. The predicted octanol–water partition coefficient (Wildman–Crippen LogP) is 3.34. The summed E-state index contributed by atoms with van der Waals surface area (Å²) in [5, 5.41) is 12.4. The van der Waals surface area contributed by atoms with E-state index in [4.69, 9.17) is 10.00 Å². The van der Waals surface area contributed by atoms with Crippen LogP contribution in [-0.4, -0.2) is 6.61 Å². The maximum absolute atomic E-state index is 8.82. The molecular formula is C17H16N2O. The van der Waals surface area contributed by atoms with Gasteiger partial charge in [-0.2, -0.15) is 5.26 Å². The minimum absolute atomic E-state index is 0.211. The molecule has 0 radical (unpaired) electrons. The van der Waals surface area contributed by atoms with Gasteiger partial charge in [-0.1, -0.05) is 30.3 Å². The average molecular weight is 264 g/mol. The quantitative estimate of drug-likeness (QED) is 0.924. The lowest BCUT2D eigenvalue weighted by atomic mass is 10.0. The van der Waals surface area contributed by atoms with Crippen molar-refractivity contribution in [1.29, 1.82) is 5.26 Å². The topological polar surface area (TPSA) is 45.0 Å². The number of hydrogen-bond donors (Lipinski definition) is 1. The Balaban J connectivity index is 1.73. The third-order valence-corrected chi connectivity index (χ3v) is 3.69. The second kappa shape index (κ2) is 5.36. The molecular weight excluding hydrogens is 248 g/mol. The number of hydrogen-bond acceptors (Lipinski definition) is 3. The number of nitrogens with one attached hydrogen (secondary N) is 1. The van der Waals surface area contributed by atoms with Crippen molar-refractivity contribution >= 4 is 0 Å². The fourth-order valence-corrected chi connectivity index (χ4v) is 2.54. The number of nitrogens with zero attached hydrogens (tertiary/aromatic N) is 1. The number of nitriles is 1. The van der Waals surface area contributed by atoms with Crippen LogP contribution in [0.2, 0.25) is 0 Å². The van der Waals surface area contributed by atoms with Gasteiger partial charge in [0.25, 0.3) is 0 Å². The largest absolute Gasteiger partial charge is 0.491 e. The molecule has 2 atom stereocenters. The number of benzene rings is 2. The molecule has 3 nitrogen and oxygen atoms in total.